The molecule has 1 spiro atoms. The van der Waals surface area contributed by atoms with Gasteiger partial charge in [-0.1, -0.05) is 0 Å². The minimum atomic E-state index is -1.01. The molecular formula is C17H26N2O6. The van der Waals surface area contributed by atoms with Crippen LogP contribution in [0, 0.1) is 11.8 Å². The normalized spacial score (nSPS) is 36.0. The van der Waals surface area contributed by atoms with Crippen LogP contribution in [0.2, 0.25) is 0 Å². The summed E-state index contributed by atoms with van der Waals surface area (Å²) in [6.07, 6.45) is 0.770. The smallest absolute Gasteiger partial charge is 0.312 e. The molecule has 0 aliphatic carbocycles. The molecule has 0 aromatic carbocycles. The van der Waals surface area contributed by atoms with Crippen LogP contribution in [0.3, 0.4) is 0 Å². The molecule has 3 saturated heterocycles. The number of aliphatic hydroxyl groups is 1. The number of hydrogen-bond acceptors (Lipinski definition) is 6. The molecule has 8 heteroatoms. The van der Waals surface area contributed by atoms with Crippen LogP contribution in [0.5, 0.6) is 0 Å². The number of esters is 1. The van der Waals surface area contributed by atoms with E-state index < -0.39 is 35.6 Å². The van der Waals surface area contributed by atoms with Gasteiger partial charge in [-0.2, -0.15) is 0 Å². The maximum atomic E-state index is 13.0. The molecule has 3 rings (SSSR count). The van der Waals surface area contributed by atoms with Crippen LogP contribution in [-0.4, -0.2) is 71.3 Å². The third kappa shape index (κ3) is 2.62. The standard InChI is InChI=1S/C17H26N2O6/c1-4-24-16(23)11-10-5-6-17(25-10)12(11)15(22)19(7-8-20)13(17)14(21)18-9(2)3/h9-13,20H,4-8H2,1-3H3,(H,18,21)/t10-,11+,12-,13?,17?/m0/s1. The fourth-order valence-corrected chi connectivity index (χ4v) is 4.67. The molecule has 3 aliphatic rings. The van der Waals surface area contributed by atoms with Crippen molar-refractivity contribution in [1.82, 2.24) is 10.2 Å². The molecule has 0 saturated carbocycles. The van der Waals surface area contributed by atoms with E-state index in [1.54, 1.807) is 6.92 Å². The Morgan fingerprint density at radius 1 is 1.48 bits per heavy atom. The summed E-state index contributed by atoms with van der Waals surface area (Å²) < 4.78 is 11.3. The molecular weight excluding hydrogens is 328 g/mol. The molecule has 2 N–H and O–H groups in total. The number of carbonyl (C=O) groups is 3. The minimum Gasteiger partial charge on any atom is -0.466 e. The van der Waals surface area contributed by atoms with Gasteiger partial charge in [0.25, 0.3) is 0 Å². The summed E-state index contributed by atoms with van der Waals surface area (Å²) in [5, 5.41) is 12.2. The molecule has 0 aromatic heterocycles. The zero-order valence-corrected chi connectivity index (χ0v) is 14.9. The fourth-order valence-electron chi connectivity index (χ4n) is 4.67. The van der Waals surface area contributed by atoms with Crippen LogP contribution in [0.25, 0.3) is 0 Å². The Morgan fingerprint density at radius 3 is 2.80 bits per heavy atom. The van der Waals surface area contributed by atoms with Crippen LogP contribution < -0.4 is 5.32 Å². The molecule has 25 heavy (non-hydrogen) atoms. The lowest BCUT2D eigenvalue weighted by Gasteiger charge is -2.33. The summed E-state index contributed by atoms with van der Waals surface area (Å²) in [5.41, 5.74) is -1.01. The Hall–Kier alpha value is -1.67. The van der Waals surface area contributed by atoms with Gasteiger partial charge < -0.3 is 24.8 Å². The van der Waals surface area contributed by atoms with Crippen molar-refractivity contribution in [2.45, 2.75) is 57.4 Å². The van der Waals surface area contributed by atoms with Gasteiger partial charge in [-0.3, -0.25) is 14.4 Å². The molecule has 140 valence electrons. The zero-order valence-electron chi connectivity index (χ0n) is 14.9. The monoisotopic (exact) mass is 354 g/mol. The Kier molecular flexibility index (Phi) is 4.76. The number of hydrogen-bond donors (Lipinski definition) is 2. The molecule has 0 aromatic rings. The van der Waals surface area contributed by atoms with E-state index in [9.17, 15) is 19.5 Å². The first kappa shape index (κ1) is 18.1. The first-order valence-electron chi connectivity index (χ1n) is 8.93. The van der Waals surface area contributed by atoms with Gasteiger partial charge in [0.15, 0.2) is 0 Å². The van der Waals surface area contributed by atoms with E-state index in [4.69, 9.17) is 9.47 Å². The lowest BCUT2D eigenvalue weighted by Crippen LogP contribution is -2.56. The van der Waals surface area contributed by atoms with E-state index in [-0.39, 0.29) is 37.6 Å². The predicted octanol–water partition coefficient (Wildman–Crippen LogP) is -0.559. The second-order valence-corrected chi connectivity index (χ2v) is 7.23. The van der Waals surface area contributed by atoms with Gasteiger partial charge in [0.2, 0.25) is 11.8 Å². The maximum Gasteiger partial charge on any atom is 0.312 e. The van der Waals surface area contributed by atoms with E-state index in [1.165, 1.54) is 4.90 Å². The van der Waals surface area contributed by atoms with Crippen molar-refractivity contribution in [2.75, 3.05) is 19.8 Å². The second kappa shape index (κ2) is 6.57. The highest BCUT2D eigenvalue weighted by Crippen LogP contribution is 2.58. The summed E-state index contributed by atoms with van der Waals surface area (Å²) in [5.74, 6) is -2.46. The topological polar surface area (TPSA) is 105 Å². The van der Waals surface area contributed by atoms with Crippen molar-refractivity contribution < 1.29 is 29.0 Å². The van der Waals surface area contributed by atoms with Gasteiger partial charge in [0, 0.05) is 12.6 Å². The van der Waals surface area contributed by atoms with E-state index >= 15 is 0 Å². The Morgan fingerprint density at radius 2 is 2.20 bits per heavy atom. The highest BCUT2D eigenvalue weighted by Gasteiger charge is 2.74. The Labute approximate surface area is 146 Å². The third-order valence-electron chi connectivity index (χ3n) is 5.38. The van der Waals surface area contributed by atoms with Gasteiger partial charge in [0.05, 0.1) is 31.2 Å². The molecule has 0 radical (unpaired) electrons. The molecule has 2 amide bonds. The zero-order chi connectivity index (χ0) is 18.4. The van der Waals surface area contributed by atoms with E-state index in [2.05, 4.69) is 5.32 Å². The average Bonchev–Trinajstić information content (AvgIpc) is 3.15. The average molecular weight is 354 g/mol. The lowest BCUT2D eigenvalue weighted by atomic mass is 9.70. The molecule has 2 bridgehead atoms. The van der Waals surface area contributed by atoms with E-state index in [1.807, 2.05) is 13.8 Å². The Balaban J connectivity index is 1.98. The number of nitrogens with one attached hydrogen (secondary N) is 1. The van der Waals surface area contributed by atoms with Gasteiger partial charge in [-0.15, -0.1) is 0 Å². The van der Waals surface area contributed by atoms with E-state index in [0.717, 1.165) is 0 Å². The van der Waals surface area contributed by atoms with Crippen LogP contribution >= 0.6 is 0 Å². The number of likely N-dealkylation sites (tertiary alicyclic amines) is 1. The van der Waals surface area contributed by atoms with Crippen LogP contribution in [0.4, 0.5) is 0 Å². The van der Waals surface area contributed by atoms with Gasteiger partial charge in [-0.05, 0) is 33.6 Å². The summed E-state index contributed by atoms with van der Waals surface area (Å²) in [4.78, 5) is 39.6. The first-order valence-corrected chi connectivity index (χ1v) is 8.93. The van der Waals surface area contributed by atoms with Crippen LogP contribution in [0.15, 0.2) is 0 Å². The summed E-state index contributed by atoms with van der Waals surface area (Å²) >= 11 is 0. The third-order valence-corrected chi connectivity index (χ3v) is 5.38. The van der Waals surface area contributed by atoms with Gasteiger partial charge >= 0.3 is 5.97 Å². The number of nitrogens with zero attached hydrogens (tertiary/aromatic N) is 1. The molecule has 8 nitrogen and oxygen atoms in total. The van der Waals surface area contributed by atoms with Crippen LogP contribution in [-0.2, 0) is 23.9 Å². The number of amides is 2. The fraction of sp³-hybridized carbons (Fsp3) is 0.824. The van der Waals surface area contributed by atoms with Crippen molar-refractivity contribution >= 4 is 17.8 Å². The molecule has 3 fully saturated rings. The van der Waals surface area contributed by atoms with Crippen molar-refractivity contribution in [3.8, 4) is 0 Å². The quantitative estimate of drug-likeness (QED) is 0.620. The predicted molar refractivity (Wildman–Crippen MR) is 86.3 cm³/mol. The first-order chi connectivity index (χ1) is 11.9. The largest absolute Gasteiger partial charge is 0.466 e. The molecule has 3 heterocycles. The van der Waals surface area contributed by atoms with Crippen molar-refractivity contribution in [1.29, 1.82) is 0 Å². The van der Waals surface area contributed by atoms with E-state index in [0.29, 0.717) is 12.8 Å². The maximum absolute atomic E-state index is 13.0. The number of carbonyl (C=O) groups excluding carboxylic acids is 3. The summed E-state index contributed by atoms with van der Waals surface area (Å²) in [6.45, 7) is 5.41. The number of fused-ring (bicyclic) bond motifs is 1. The number of β-amino-alcohol motifs (C(OH)–C–C–N with tert-alkyl or cyclic N) is 1. The van der Waals surface area contributed by atoms with Crippen molar-refractivity contribution in [2.24, 2.45) is 11.8 Å². The highest BCUT2D eigenvalue weighted by atomic mass is 16.6. The Bertz CT molecular complexity index is 579. The second-order valence-electron chi connectivity index (χ2n) is 7.23. The SMILES string of the molecule is CCOC(=O)[C@@H]1[C@@H]2CCC3(O2)C(C(=O)NC(C)C)N(CCO)C(=O)[C@H]13. The number of rotatable bonds is 6. The highest BCUT2D eigenvalue weighted by molar-refractivity contribution is 5.98. The lowest BCUT2D eigenvalue weighted by molar-refractivity contribution is -0.154. The minimum absolute atomic E-state index is 0.0385. The van der Waals surface area contributed by atoms with Gasteiger partial charge in [-0.25, -0.2) is 0 Å². The van der Waals surface area contributed by atoms with Gasteiger partial charge in [0.1, 0.15) is 11.6 Å². The molecule has 5 atom stereocenters. The molecule has 3 aliphatic heterocycles. The van der Waals surface area contributed by atoms with Crippen molar-refractivity contribution in [3.63, 3.8) is 0 Å². The summed E-state index contributed by atoms with van der Waals surface area (Å²) in [7, 11) is 0. The molecule has 2 unspecified atom stereocenters. The number of ether oxygens (including phenoxy) is 2. The van der Waals surface area contributed by atoms with Crippen molar-refractivity contribution in [3.05, 3.63) is 0 Å². The van der Waals surface area contributed by atoms with Crippen LogP contribution in [0.1, 0.15) is 33.6 Å². The summed E-state index contributed by atoms with van der Waals surface area (Å²) in [6, 6.07) is -0.919. The number of aliphatic hydroxyl groups excluding tert-OH is 1.